The number of carbonyl (C=O) groups is 1. The first-order valence-electron chi connectivity index (χ1n) is 8.64. The van der Waals surface area contributed by atoms with Crippen LogP contribution < -0.4 is 19.5 Å². The summed E-state index contributed by atoms with van der Waals surface area (Å²) in [7, 11) is 0. The van der Waals surface area contributed by atoms with Gasteiger partial charge in [-0.3, -0.25) is 10.1 Å². The molecule has 2 aromatic carbocycles. The number of ether oxygens (including phenoxy) is 3. The van der Waals surface area contributed by atoms with Gasteiger partial charge in [-0.2, -0.15) is 0 Å². The minimum atomic E-state index is -0.737. The van der Waals surface area contributed by atoms with Gasteiger partial charge < -0.3 is 14.2 Å². The monoisotopic (exact) mass is 400 g/mol. The number of anilines is 1. The van der Waals surface area contributed by atoms with E-state index in [-0.39, 0.29) is 18.5 Å². The SMILES string of the molecule is C[C@@H](Oc1ccc2c(c1)OCO2)C(=O)Nc1ncc(Cc2ccccc2F)s1. The lowest BCUT2D eigenvalue weighted by Crippen LogP contribution is -2.30. The van der Waals surface area contributed by atoms with E-state index >= 15 is 0 Å². The largest absolute Gasteiger partial charge is 0.481 e. The van der Waals surface area contributed by atoms with Crippen molar-refractivity contribution >= 4 is 22.4 Å². The van der Waals surface area contributed by atoms with Gasteiger partial charge in [0.05, 0.1) is 0 Å². The van der Waals surface area contributed by atoms with Gasteiger partial charge in [-0.05, 0) is 30.7 Å². The molecule has 1 N–H and O–H groups in total. The Hall–Kier alpha value is -3.13. The van der Waals surface area contributed by atoms with Crippen LogP contribution >= 0.6 is 11.3 Å². The first-order chi connectivity index (χ1) is 13.6. The molecular formula is C20H17FN2O4S. The second-order valence-corrected chi connectivity index (χ2v) is 7.28. The Balaban J connectivity index is 1.35. The Morgan fingerprint density at radius 2 is 2.11 bits per heavy atom. The van der Waals surface area contributed by atoms with Crippen molar-refractivity contribution in [2.24, 2.45) is 0 Å². The number of aromatic nitrogens is 1. The summed E-state index contributed by atoms with van der Waals surface area (Å²) in [5.41, 5.74) is 0.587. The number of hydrogen-bond acceptors (Lipinski definition) is 6. The maximum Gasteiger partial charge on any atom is 0.266 e. The molecule has 1 aliphatic rings. The minimum Gasteiger partial charge on any atom is -0.481 e. The van der Waals surface area contributed by atoms with Gasteiger partial charge in [-0.15, -0.1) is 11.3 Å². The molecule has 0 aliphatic carbocycles. The Morgan fingerprint density at radius 3 is 2.96 bits per heavy atom. The van der Waals surface area contributed by atoms with Gasteiger partial charge in [0.15, 0.2) is 22.7 Å². The first kappa shape index (κ1) is 18.2. The molecule has 0 saturated carbocycles. The fourth-order valence-corrected chi connectivity index (χ4v) is 3.53. The molecule has 0 spiro atoms. The van der Waals surface area contributed by atoms with Crippen molar-refractivity contribution < 1.29 is 23.4 Å². The van der Waals surface area contributed by atoms with Crippen molar-refractivity contribution in [3.63, 3.8) is 0 Å². The van der Waals surface area contributed by atoms with E-state index in [1.165, 1.54) is 17.4 Å². The Kier molecular flexibility index (Phi) is 5.12. The van der Waals surface area contributed by atoms with Crippen LogP contribution in [0.25, 0.3) is 0 Å². The molecule has 0 radical (unpaired) electrons. The fraction of sp³-hybridized carbons (Fsp3) is 0.200. The first-order valence-corrected chi connectivity index (χ1v) is 9.45. The Bertz CT molecular complexity index is 1010. The van der Waals surface area contributed by atoms with E-state index in [1.807, 2.05) is 0 Å². The van der Waals surface area contributed by atoms with Crippen LogP contribution in [-0.4, -0.2) is 23.8 Å². The molecule has 4 rings (SSSR count). The van der Waals surface area contributed by atoms with Crippen molar-refractivity contribution in [3.8, 4) is 17.2 Å². The molecule has 0 saturated heterocycles. The highest BCUT2D eigenvalue weighted by Crippen LogP contribution is 2.35. The molecule has 1 amide bonds. The van der Waals surface area contributed by atoms with Crippen molar-refractivity contribution in [3.05, 3.63) is 64.9 Å². The molecule has 3 aromatic rings. The van der Waals surface area contributed by atoms with E-state index in [9.17, 15) is 9.18 Å². The molecule has 0 unspecified atom stereocenters. The summed E-state index contributed by atoms with van der Waals surface area (Å²) in [6.45, 7) is 1.82. The number of amides is 1. The van der Waals surface area contributed by atoms with Gasteiger partial charge in [0.25, 0.3) is 5.91 Å². The summed E-state index contributed by atoms with van der Waals surface area (Å²) in [5, 5.41) is 3.17. The Morgan fingerprint density at radius 1 is 1.29 bits per heavy atom. The maximum atomic E-state index is 13.8. The number of thiazole rings is 1. The van der Waals surface area contributed by atoms with E-state index < -0.39 is 6.10 Å². The Labute approximate surface area is 164 Å². The fourth-order valence-electron chi connectivity index (χ4n) is 2.69. The molecule has 6 nitrogen and oxygen atoms in total. The molecule has 1 atom stereocenters. The number of benzene rings is 2. The summed E-state index contributed by atoms with van der Waals surface area (Å²) < 4.78 is 30.0. The van der Waals surface area contributed by atoms with Crippen molar-refractivity contribution in [2.45, 2.75) is 19.4 Å². The lowest BCUT2D eigenvalue weighted by molar-refractivity contribution is -0.122. The summed E-state index contributed by atoms with van der Waals surface area (Å²) in [6.07, 6.45) is 1.32. The van der Waals surface area contributed by atoms with E-state index in [1.54, 1.807) is 49.5 Å². The van der Waals surface area contributed by atoms with E-state index in [0.29, 0.717) is 34.4 Å². The second kappa shape index (κ2) is 7.85. The highest BCUT2D eigenvalue weighted by Gasteiger charge is 2.19. The standard InChI is InChI=1S/C20H17FN2O4S/c1-12(27-14-6-7-17-18(9-14)26-11-25-17)19(24)23-20-22-10-15(28-20)8-13-4-2-3-5-16(13)21/h2-7,9-10,12H,8,11H2,1H3,(H,22,23,24)/t12-/m1/s1. The number of nitrogens with one attached hydrogen (secondary N) is 1. The number of halogens is 1. The third-order valence-corrected chi connectivity index (χ3v) is 5.05. The molecular weight excluding hydrogens is 383 g/mol. The van der Waals surface area contributed by atoms with E-state index in [4.69, 9.17) is 14.2 Å². The lowest BCUT2D eigenvalue weighted by Gasteiger charge is -2.14. The molecule has 28 heavy (non-hydrogen) atoms. The van der Waals surface area contributed by atoms with Gasteiger partial charge in [-0.25, -0.2) is 9.37 Å². The van der Waals surface area contributed by atoms with Gasteiger partial charge in [-0.1, -0.05) is 18.2 Å². The predicted octanol–water partition coefficient (Wildman–Crippen LogP) is 4.01. The van der Waals surface area contributed by atoms with Gasteiger partial charge in [0, 0.05) is 23.6 Å². The predicted molar refractivity (Wildman–Crippen MR) is 103 cm³/mol. The van der Waals surface area contributed by atoms with Crippen LogP contribution in [0, 0.1) is 5.82 Å². The van der Waals surface area contributed by atoms with Crippen LogP contribution in [0.4, 0.5) is 9.52 Å². The number of fused-ring (bicyclic) bond motifs is 1. The summed E-state index contributed by atoms with van der Waals surface area (Å²) >= 11 is 1.30. The molecule has 2 heterocycles. The molecule has 1 aromatic heterocycles. The number of hydrogen-bond donors (Lipinski definition) is 1. The van der Waals surface area contributed by atoms with E-state index in [0.717, 1.165) is 4.88 Å². The highest BCUT2D eigenvalue weighted by molar-refractivity contribution is 7.15. The van der Waals surface area contributed by atoms with Crippen molar-refractivity contribution in [1.29, 1.82) is 0 Å². The molecule has 0 bridgehead atoms. The number of nitrogens with zero attached hydrogens (tertiary/aromatic N) is 1. The molecule has 144 valence electrons. The summed E-state index contributed by atoms with van der Waals surface area (Å²) in [5.74, 6) is 1.15. The van der Waals surface area contributed by atoms with Crippen LogP contribution in [0.1, 0.15) is 17.4 Å². The van der Waals surface area contributed by atoms with Crippen LogP contribution in [0.5, 0.6) is 17.2 Å². The van der Waals surface area contributed by atoms with E-state index in [2.05, 4.69) is 10.3 Å². The lowest BCUT2D eigenvalue weighted by atomic mass is 10.1. The highest BCUT2D eigenvalue weighted by atomic mass is 32.1. The van der Waals surface area contributed by atoms with Gasteiger partial charge in [0.1, 0.15) is 11.6 Å². The van der Waals surface area contributed by atoms with Crippen molar-refractivity contribution in [1.82, 2.24) is 4.98 Å². The maximum absolute atomic E-state index is 13.8. The molecule has 0 fully saturated rings. The molecule has 1 aliphatic heterocycles. The van der Waals surface area contributed by atoms with Crippen LogP contribution in [-0.2, 0) is 11.2 Å². The summed E-state index contributed by atoms with van der Waals surface area (Å²) in [4.78, 5) is 17.4. The van der Waals surface area contributed by atoms with Crippen LogP contribution in [0.2, 0.25) is 0 Å². The zero-order valence-electron chi connectivity index (χ0n) is 15.0. The third kappa shape index (κ3) is 4.07. The minimum absolute atomic E-state index is 0.175. The van der Waals surface area contributed by atoms with Gasteiger partial charge >= 0.3 is 0 Å². The van der Waals surface area contributed by atoms with Crippen LogP contribution in [0.15, 0.2) is 48.7 Å². The normalized spacial score (nSPS) is 13.2. The third-order valence-electron chi connectivity index (χ3n) is 4.13. The smallest absolute Gasteiger partial charge is 0.266 e. The average molecular weight is 400 g/mol. The number of carbonyl (C=O) groups excluding carboxylic acids is 1. The topological polar surface area (TPSA) is 69.7 Å². The second-order valence-electron chi connectivity index (χ2n) is 6.16. The van der Waals surface area contributed by atoms with Gasteiger partial charge in [0.2, 0.25) is 6.79 Å². The van der Waals surface area contributed by atoms with Crippen LogP contribution in [0.3, 0.4) is 0 Å². The number of rotatable bonds is 6. The van der Waals surface area contributed by atoms with Crippen molar-refractivity contribution in [2.75, 3.05) is 12.1 Å². The average Bonchev–Trinajstić information content (AvgIpc) is 3.32. The zero-order chi connectivity index (χ0) is 19.5. The summed E-state index contributed by atoms with van der Waals surface area (Å²) in [6, 6.07) is 11.7. The molecule has 8 heteroatoms. The zero-order valence-corrected chi connectivity index (χ0v) is 15.8. The quantitative estimate of drug-likeness (QED) is 0.677.